The first-order chi connectivity index (χ1) is 8.83. The molecule has 0 spiro atoms. The van der Waals surface area contributed by atoms with E-state index in [1.54, 1.807) is 10.7 Å². The smallest absolute Gasteiger partial charge is 0.141 e. The molecule has 1 aliphatic heterocycles. The number of aromatic hydroxyl groups is 1. The van der Waals surface area contributed by atoms with Gasteiger partial charge in [0.1, 0.15) is 11.4 Å². The highest BCUT2D eigenvalue weighted by Crippen LogP contribution is 2.21. The van der Waals surface area contributed by atoms with Gasteiger partial charge >= 0.3 is 0 Å². The Kier molecular flexibility index (Phi) is 3.02. The molecule has 1 aliphatic rings. The first kappa shape index (κ1) is 11.3. The summed E-state index contributed by atoms with van der Waals surface area (Å²) in [6, 6.07) is 7.82. The molecule has 1 aromatic heterocycles. The average Bonchev–Trinajstić information content (AvgIpc) is 3.02. The highest BCUT2D eigenvalue weighted by Gasteiger charge is 2.15. The number of rotatable bonds is 3. The summed E-state index contributed by atoms with van der Waals surface area (Å²) in [7, 11) is 0. The van der Waals surface area contributed by atoms with E-state index in [1.807, 2.05) is 30.6 Å². The lowest BCUT2D eigenvalue weighted by Gasteiger charge is -2.07. The summed E-state index contributed by atoms with van der Waals surface area (Å²) in [5.41, 5.74) is 1.93. The highest BCUT2D eigenvalue weighted by atomic mass is 16.3. The Balaban J connectivity index is 1.79. The average molecular weight is 243 g/mol. The van der Waals surface area contributed by atoms with E-state index in [0.29, 0.717) is 6.04 Å². The second-order valence-corrected chi connectivity index (χ2v) is 4.78. The van der Waals surface area contributed by atoms with Crippen LogP contribution >= 0.6 is 0 Å². The summed E-state index contributed by atoms with van der Waals surface area (Å²) < 4.78 is 1.74. The van der Waals surface area contributed by atoms with E-state index in [4.69, 9.17) is 0 Å². The molecule has 3 rings (SSSR count). The molecular formula is C14H17N3O. The number of nitrogens with zero attached hydrogens (tertiary/aromatic N) is 2. The first-order valence-electron chi connectivity index (χ1n) is 6.38. The molecule has 2 aromatic rings. The van der Waals surface area contributed by atoms with Crippen LogP contribution in [0.15, 0.2) is 36.7 Å². The van der Waals surface area contributed by atoms with Crippen molar-refractivity contribution in [2.75, 3.05) is 6.54 Å². The SMILES string of the molecule is Oc1ccccc1-n1cc(CC2CCCN2)cn1. The number of phenolic OH excluding ortho intramolecular Hbond substituents is 1. The second kappa shape index (κ2) is 4.82. The van der Waals surface area contributed by atoms with Gasteiger partial charge in [-0.25, -0.2) is 4.68 Å². The normalized spacial score (nSPS) is 19.2. The molecule has 0 radical (unpaired) electrons. The Labute approximate surface area is 106 Å². The Morgan fingerprint density at radius 3 is 3.06 bits per heavy atom. The van der Waals surface area contributed by atoms with Crippen molar-refractivity contribution in [3.05, 3.63) is 42.2 Å². The Morgan fingerprint density at radius 2 is 2.28 bits per heavy atom. The van der Waals surface area contributed by atoms with Crippen molar-refractivity contribution in [2.24, 2.45) is 0 Å². The number of phenols is 1. The van der Waals surface area contributed by atoms with Gasteiger partial charge in [0.15, 0.2) is 0 Å². The predicted octanol–water partition coefficient (Wildman–Crippen LogP) is 1.87. The largest absolute Gasteiger partial charge is 0.506 e. The summed E-state index contributed by atoms with van der Waals surface area (Å²) in [6.07, 6.45) is 7.38. The minimum absolute atomic E-state index is 0.256. The molecule has 4 heteroatoms. The molecule has 0 saturated carbocycles. The molecular weight excluding hydrogens is 226 g/mol. The van der Waals surface area contributed by atoms with E-state index >= 15 is 0 Å². The van der Waals surface area contributed by atoms with Crippen molar-refractivity contribution in [3.63, 3.8) is 0 Å². The van der Waals surface area contributed by atoms with Crippen LogP contribution in [0.2, 0.25) is 0 Å². The molecule has 4 nitrogen and oxygen atoms in total. The Bertz CT molecular complexity index is 529. The number of aromatic nitrogens is 2. The third kappa shape index (κ3) is 2.24. The van der Waals surface area contributed by atoms with Crippen LogP contribution in [0.3, 0.4) is 0 Å². The third-order valence-corrected chi connectivity index (χ3v) is 3.41. The molecule has 2 heterocycles. The zero-order chi connectivity index (χ0) is 12.4. The van der Waals surface area contributed by atoms with Gasteiger partial charge in [-0.2, -0.15) is 5.10 Å². The fourth-order valence-corrected chi connectivity index (χ4v) is 2.47. The first-order valence-corrected chi connectivity index (χ1v) is 6.38. The lowest BCUT2D eigenvalue weighted by Crippen LogP contribution is -2.23. The van der Waals surface area contributed by atoms with E-state index in [9.17, 15) is 5.11 Å². The maximum absolute atomic E-state index is 9.78. The van der Waals surface area contributed by atoms with E-state index in [0.717, 1.165) is 18.7 Å². The van der Waals surface area contributed by atoms with Crippen molar-refractivity contribution in [3.8, 4) is 11.4 Å². The molecule has 0 amide bonds. The molecule has 0 aliphatic carbocycles. The molecule has 2 N–H and O–H groups in total. The van der Waals surface area contributed by atoms with E-state index < -0.39 is 0 Å². The fourth-order valence-electron chi connectivity index (χ4n) is 2.47. The molecule has 1 atom stereocenters. The van der Waals surface area contributed by atoms with Gasteiger partial charge in [-0.15, -0.1) is 0 Å². The number of hydrogen-bond acceptors (Lipinski definition) is 3. The zero-order valence-electron chi connectivity index (χ0n) is 10.2. The third-order valence-electron chi connectivity index (χ3n) is 3.41. The van der Waals surface area contributed by atoms with E-state index in [2.05, 4.69) is 10.4 Å². The minimum Gasteiger partial charge on any atom is -0.506 e. The number of benzene rings is 1. The molecule has 1 unspecified atom stereocenters. The number of hydrogen-bond donors (Lipinski definition) is 2. The van der Waals surface area contributed by atoms with Crippen molar-refractivity contribution >= 4 is 0 Å². The lowest BCUT2D eigenvalue weighted by atomic mass is 10.1. The standard InChI is InChI=1S/C14H17N3O/c18-14-6-2-1-5-13(14)17-10-11(9-16-17)8-12-4-3-7-15-12/h1-2,5-6,9-10,12,15,18H,3-4,7-8H2. The summed E-state index contributed by atoms with van der Waals surface area (Å²) >= 11 is 0. The summed E-state index contributed by atoms with van der Waals surface area (Å²) in [5, 5.41) is 17.6. The van der Waals surface area contributed by atoms with Crippen molar-refractivity contribution in [1.82, 2.24) is 15.1 Å². The van der Waals surface area contributed by atoms with Crippen molar-refractivity contribution < 1.29 is 5.11 Å². The molecule has 0 bridgehead atoms. The van der Waals surface area contributed by atoms with Crippen LogP contribution in [0.25, 0.3) is 5.69 Å². The molecule has 94 valence electrons. The molecule has 1 aromatic carbocycles. The summed E-state index contributed by atoms with van der Waals surface area (Å²) in [6.45, 7) is 1.12. The molecule has 18 heavy (non-hydrogen) atoms. The van der Waals surface area contributed by atoms with Gasteiger partial charge in [0.05, 0.1) is 6.20 Å². The predicted molar refractivity (Wildman–Crippen MR) is 70.0 cm³/mol. The van der Waals surface area contributed by atoms with Gasteiger partial charge < -0.3 is 10.4 Å². The highest BCUT2D eigenvalue weighted by molar-refractivity contribution is 5.44. The second-order valence-electron chi connectivity index (χ2n) is 4.78. The molecule has 1 saturated heterocycles. The maximum atomic E-state index is 9.78. The number of nitrogens with one attached hydrogen (secondary N) is 1. The maximum Gasteiger partial charge on any atom is 0.141 e. The number of para-hydroxylation sites is 2. The lowest BCUT2D eigenvalue weighted by molar-refractivity contribution is 0.470. The monoisotopic (exact) mass is 243 g/mol. The van der Waals surface area contributed by atoms with Gasteiger partial charge in [-0.1, -0.05) is 12.1 Å². The Hall–Kier alpha value is -1.81. The minimum atomic E-state index is 0.256. The van der Waals surface area contributed by atoms with Crippen LogP contribution in [-0.4, -0.2) is 27.5 Å². The van der Waals surface area contributed by atoms with Crippen LogP contribution < -0.4 is 5.32 Å². The van der Waals surface area contributed by atoms with Gasteiger partial charge in [0.2, 0.25) is 0 Å². The van der Waals surface area contributed by atoms with E-state index in [-0.39, 0.29) is 5.75 Å². The van der Waals surface area contributed by atoms with Crippen molar-refractivity contribution in [2.45, 2.75) is 25.3 Å². The van der Waals surface area contributed by atoms with Gasteiger partial charge in [0, 0.05) is 12.2 Å². The summed E-state index contributed by atoms with van der Waals surface area (Å²) in [5.74, 6) is 0.256. The topological polar surface area (TPSA) is 50.1 Å². The van der Waals surface area contributed by atoms with Gasteiger partial charge in [-0.3, -0.25) is 0 Å². The molecule has 1 fully saturated rings. The summed E-state index contributed by atoms with van der Waals surface area (Å²) in [4.78, 5) is 0. The Morgan fingerprint density at radius 1 is 1.39 bits per heavy atom. The zero-order valence-corrected chi connectivity index (χ0v) is 10.2. The van der Waals surface area contributed by atoms with Crippen LogP contribution in [0, 0.1) is 0 Å². The fraction of sp³-hybridized carbons (Fsp3) is 0.357. The van der Waals surface area contributed by atoms with Gasteiger partial charge in [-0.05, 0) is 43.5 Å². The van der Waals surface area contributed by atoms with Crippen LogP contribution in [0.1, 0.15) is 18.4 Å². The quantitative estimate of drug-likeness (QED) is 0.865. The van der Waals surface area contributed by atoms with Crippen LogP contribution in [-0.2, 0) is 6.42 Å². The van der Waals surface area contributed by atoms with Gasteiger partial charge in [0.25, 0.3) is 0 Å². The van der Waals surface area contributed by atoms with Crippen molar-refractivity contribution in [1.29, 1.82) is 0 Å². The van der Waals surface area contributed by atoms with Crippen LogP contribution in [0.5, 0.6) is 5.75 Å². The van der Waals surface area contributed by atoms with E-state index in [1.165, 1.54) is 18.4 Å². The van der Waals surface area contributed by atoms with Crippen LogP contribution in [0.4, 0.5) is 0 Å².